The predicted octanol–water partition coefficient (Wildman–Crippen LogP) is 2.68. The Morgan fingerprint density at radius 2 is 1.68 bits per heavy atom. The van der Waals surface area contributed by atoms with Crippen LogP contribution in [0.2, 0.25) is 0 Å². The third-order valence-corrected chi connectivity index (χ3v) is 3.68. The lowest BCUT2D eigenvalue weighted by molar-refractivity contribution is -0.273. The van der Waals surface area contributed by atoms with E-state index >= 15 is 0 Å². The number of hydrogen-bond donors (Lipinski definition) is 1. The molecule has 1 unspecified atom stereocenters. The average molecular weight is 300 g/mol. The molecule has 1 fully saturated rings. The molecule has 0 spiro atoms. The van der Waals surface area contributed by atoms with Crippen molar-refractivity contribution in [3.8, 4) is 0 Å². The number of hydrogen-bond acceptors (Lipinski definition) is 4. The fourth-order valence-electron chi connectivity index (χ4n) is 2.45. The van der Waals surface area contributed by atoms with Crippen LogP contribution >= 0.6 is 0 Å². The predicted molar refractivity (Wildman–Crippen MR) is 82.1 cm³/mol. The topological polar surface area (TPSA) is 47.9 Å². The minimum atomic E-state index is -0.449. The third-order valence-electron chi connectivity index (χ3n) is 3.68. The van der Waals surface area contributed by atoms with Crippen molar-refractivity contribution in [3.05, 3.63) is 71.8 Å². The molecular formula is C18H20O4. The first-order valence-corrected chi connectivity index (χ1v) is 7.45. The van der Waals surface area contributed by atoms with Crippen molar-refractivity contribution in [1.29, 1.82) is 0 Å². The Bertz CT molecular complexity index is 558. The Morgan fingerprint density at radius 3 is 2.36 bits per heavy atom. The van der Waals surface area contributed by atoms with Crippen molar-refractivity contribution in [1.82, 2.24) is 0 Å². The van der Waals surface area contributed by atoms with Crippen LogP contribution in [0, 0.1) is 0 Å². The van der Waals surface area contributed by atoms with Gasteiger partial charge in [-0.25, -0.2) is 0 Å². The minimum Gasteiger partial charge on any atom is -0.394 e. The van der Waals surface area contributed by atoms with E-state index in [1.54, 1.807) is 0 Å². The normalized spacial score (nSPS) is 25.0. The lowest BCUT2D eigenvalue weighted by Crippen LogP contribution is -2.44. The molecule has 3 rings (SSSR count). The molecule has 1 saturated heterocycles. The van der Waals surface area contributed by atoms with Gasteiger partial charge in [0.1, 0.15) is 12.2 Å². The smallest absolute Gasteiger partial charge is 0.184 e. The van der Waals surface area contributed by atoms with Crippen LogP contribution in [0.25, 0.3) is 0 Å². The molecule has 2 aromatic rings. The molecule has 1 aliphatic rings. The Balaban J connectivity index is 1.58. The highest BCUT2D eigenvalue weighted by Gasteiger charge is 2.33. The molecule has 4 nitrogen and oxygen atoms in total. The molecule has 1 N–H and O–H groups in total. The summed E-state index contributed by atoms with van der Waals surface area (Å²) in [5.74, 6) is 0. The standard InChI is InChI=1S/C18H20O4/c19-11-16-17(20-12-14-7-3-1-4-8-14)13-21-18(22-16)15-9-5-2-6-10-15/h1-10,16-19H,11-13H2/t16-,17-,18?/m0/s1. The molecule has 0 radical (unpaired) electrons. The zero-order valence-corrected chi connectivity index (χ0v) is 12.3. The lowest BCUT2D eigenvalue weighted by Gasteiger charge is -2.35. The molecule has 116 valence electrons. The maximum absolute atomic E-state index is 9.56. The van der Waals surface area contributed by atoms with Crippen molar-refractivity contribution in [2.45, 2.75) is 25.1 Å². The molecule has 0 amide bonds. The van der Waals surface area contributed by atoms with Gasteiger partial charge in [0.25, 0.3) is 0 Å². The average Bonchev–Trinajstić information content (AvgIpc) is 2.61. The number of rotatable bonds is 5. The van der Waals surface area contributed by atoms with Gasteiger partial charge in [-0.15, -0.1) is 0 Å². The largest absolute Gasteiger partial charge is 0.394 e. The van der Waals surface area contributed by atoms with Gasteiger partial charge in [0, 0.05) is 5.56 Å². The van der Waals surface area contributed by atoms with E-state index in [0.29, 0.717) is 13.2 Å². The summed E-state index contributed by atoms with van der Waals surface area (Å²) < 4.78 is 17.4. The summed E-state index contributed by atoms with van der Waals surface area (Å²) in [6.07, 6.45) is -1.11. The van der Waals surface area contributed by atoms with Crippen LogP contribution in [0.5, 0.6) is 0 Å². The van der Waals surface area contributed by atoms with Gasteiger partial charge in [-0.05, 0) is 5.56 Å². The van der Waals surface area contributed by atoms with Crippen LogP contribution in [-0.4, -0.2) is 30.5 Å². The molecule has 4 heteroatoms. The van der Waals surface area contributed by atoms with E-state index in [-0.39, 0.29) is 18.8 Å². The van der Waals surface area contributed by atoms with Gasteiger partial charge < -0.3 is 19.3 Å². The summed E-state index contributed by atoms with van der Waals surface area (Å²) in [5.41, 5.74) is 2.03. The molecule has 1 aliphatic heterocycles. The van der Waals surface area contributed by atoms with Gasteiger partial charge >= 0.3 is 0 Å². The molecule has 0 aromatic heterocycles. The van der Waals surface area contributed by atoms with E-state index in [0.717, 1.165) is 11.1 Å². The summed E-state index contributed by atoms with van der Waals surface area (Å²) in [6, 6.07) is 19.6. The van der Waals surface area contributed by atoms with Gasteiger partial charge in [0.15, 0.2) is 6.29 Å². The van der Waals surface area contributed by atoms with Crippen LogP contribution in [0.1, 0.15) is 17.4 Å². The fraction of sp³-hybridized carbons (Fsp3) is 0.333. The highest BCUT2D eigenvalue weighted by atomic mass is 16.7. The second-order valence-corrected chi connectivity index (χ2v) is 5.27. The van der Waals surface area contributed by atoms with Crippen LogP contribution in [0.4, 0.5) is 0 Å². The summed E-state index contributed by atoms with van der Waals surface area (Å²) in [6.45, 7) is 0.786. The Labute approximate surface area is 130 Å². The monoisotopic (exact) mass is 300 g/mol. The molecule has 2 aromatic carbocycles. The van der Waals surface area contributed by atoms with Gasteiger partial charge in [-0.3, -0.25) is 0 Å². The minimum absolute atomic E-state index is 0.0911. The second kappa shape index (κ2) is 7.51. The molecular weight excluding hydrogens is 280 g/mol. The van der Waals surface area contributed by atoms with Crippen LogP contribution < -0.4 is 0 Å². The first kappa shape index (κ1) is 15.2. The van der Waals surface area contributed by atoms with E-state index in [4.69, 9.17) is 14.2 Å². The van der Waals surface area contributed by atoms with Crippen molar-refractivity contribution < 1.29 is 19.3 Å². The Morgan fingerprint density at radius 1 is 1.00 bits per heavy atom. The van der Waals surface area contributed by atoms with Crippen molar-refractivity contribution in [3.63, 3.8) is 0 Å². The van der Waals surface area contributed by atoms with Gasteiger partial charge in [-0.1, -0.05) is 60.7 Å². The number of ether oxygens (including phenoxy) is 3. The summed E-state index contributed by atoms with van der Waals surface area (Å²) in [7, 11) is 0. The van der Waals surface area contributed by atoms with Crippen molar-refractivity contribution >= 4 is 0 Å². The number of benzene rings is 2. The quantitative estimate of drug-likeness (QED) is 0.922. The summed E-state index contributed by atoms with van der Waals surface area (Å²) in [5, 5.41) is 9.56. The van der Waals surface area contributed by atoms with E-state index in [2.05, 4.69) is 0 Å². The molecule has 0 bridgehead atoms. The Hall–Kier alpha value is -1.72. The summed E-state index contributed by atoms with van der Waals surface area (Å²) in [4.78, 5) is 0. The maximum atomic E-state index is 9.56. The van der Waals surface area contributed by atoms with Crippen LogP contribution in [0.3, 0.4) is 0 Å². The van der Waals surface area contributed by atoms with E-state index in [1.165, 1.54) is 0 Å². The van der Waals surface area contributed by atoms with E-state index in [1.807, 2.05) is 60.7 Å². The van der Waals surface area contributed by atoms with Crippen molar-refractivity contribution in [2.24, 2.45) is 0 Å². The van der Waals surface area contributed by atoms with Gasteiger partial charge in [-0.2, -0.15) is 0 Å². The first-order chi connectivity index (χ1) is 10.9. The van der Waals surface area contributed by atoms with Crippen LogP contribution in [-0.2, 0) is 20.8 Å². The number of aliphatic hydroxyl groups excluding tert-OH is 1. The lowest BCUT2D eigenvalue weighted by atomic mass is 10.1. The second-order valence-electron chi connectivity index (χ2n) is 5.27. The SMILES string of the molecule is OC[C@@H]1OC(c2ccccc2)OC[C@@H]1OCc1ccccc1. The molecule has 22 heavy (non-hydrogen) atoms. The summed E-state index contributed by atoms with van der Waals surface area (Å²) >= 11 is 0. The molecule has 0 saturated carbocycles. The van der Waals surface area contributed by atoms with E-state index < -0.39 is 6.29 Å². The molecule has 0 aliphatic carbocycles. The van der Waals surface area contributed by atoms with Crippen LogP contribution in [0.15, 0.2) is 60.7 Å². The zero-order chi connectivity index (χ0) is 15.2. The van der Waals surface area contributed by atoms with E-state index in [9.17, 15) is 5.11 Å². The first-order valence-electron chi connectivity index (χ1n) is 7.45. The Kier molecular flexibility index (Phi) is 5.19. The highest BCUT2D eigenvalue weighted by molar-refractivity contribution is 5.16. The zero-order valence-electron chi connectivity index (χ0n) is 12.3. The fourth-order valence-corrected chi connectivity index (χ4v) is 2.45. The number of aliphatic hydroxyl groups is 1. The van der Waals surface area contributed by atoms with Gasteiger partial charge in [0.2, 0.25) is 0 Å². The van der Waals surface area contributed by atoms with Gasteiger partial charge in [0.05, 0.1) is 19.8 Å². The third kappa shape index (κ3) is 3.72. The van der Waals surface area contributed by atoms with Crippen molar-refractivity contribution in [2.75, 3.05) is 13.2 Å². The highest BCUT2D eigenvalue weighted by Crippen LogP contribution is 2.27. The molecule has 1 heterocycles. The maximum Gasteiger partial charge on any atom is 0.184 e. The molecule has 3 atom stereocenters.